The SMILES string of the molecule is CCn1ncnc1CC(NN)c1cc2ccc(F)cc2s1. The second kappa shape index (κ2) is 5.88. The number of halogens is 1. The molecule has 0 fully saturated rings. The first-order valence-corrected chi connectivity index (χ1v) is 7.54. The molecule has 0 saturated heterocycles. The molecule has 1 aromatic carbocycles. The van der Waals surface area contributed by atoms with Crippen LogP contribution >= 0.6 is 11.3 Å². The van der Waals surface area contributed by atoms with E-state index in [2.05, 4.69) is 15.5 Å². The molecule has 5 nitrogen and oxygen atoms in total. The van der Waals surface area contributed by atoms with Crippen LogP contribution in [0.25, 0.3) is 10.1 Å². The Morgan fingerprint density at radius 2 is 2.29 bits per heavy atom. The molecule has 3 rings (SSSR count). The highest BCUT2D eigenvalue weighted by Crippen LogP contribution is 2.31. The second-order valence-corrected chi connectivity index (χ2v) is 5.86. The van der Waals surface area contributed by atoms with Crippen LogP contribution < -0.4 is 11.3 Å². The second-order valence-electron chi connectivity index (χ2n) is 4.75. The number of benzene rings is 1. The quantitative estimate of drug-likeness (QED) is 0.561. The fourth-order valence-corrected chi connectivity index (χ4v) is 3.48. The summed E-state index contributed by atoms with van der Waals surface area (Å²) in [5, 5.41) is 5.18. The zero-order valence-electron chi connectivity index (χ0n) is 11.6. The van der Waals surface area contributed by atoms with Gasteiger partial charge >= 0.3 is 0 Å². The molecule has 3 N–H and O–H groups in total. The minimum atomic E-state index is -0.223. The van der Waals surface area contributed by atoms with Crippen LogP contribution in [0.15, 0.2) is 30.6 Å². The fraction of sp³-hybridized carbons (Fsp3) is 0.286. The molecule has 21 heavy (non-hydrogen) atoms. The third-order valence-electron chi connectivity index (χ3n) is 3.43. The Morgan fingerprint density at radius 3 is 3.05 bits per heavy atom. The van der Waals surface area contributed by atoms with Crippen molar-refractivity contribution < 1.29 is 4.39 Å². The summed E-state index contributed by atoms with van der Waals surface area (Å²) in [5.74, 6) is 6.35. The van der Waals surface area contributed by atoms with E-state index < -0.39 is 0 Å². The molecule has 3 aromatic rings. The topological polar surface area (TPSA) is 68.8 Å². The number of hydrogen-bond donors (Lipinski definition) is 2. The zero-order valence-corrected chi connectivity index (χ0v) is 12.4. The predicted octanol–water partition coefficient (Wildman–Crippen LogP) is 2.40. The average molecular weight is 305 g/mol. The van der Waals surface area contributed by atoms with Crippen LogP contribution in [0.1, 0.15) is 23.7 Å². The molecule has 0 radical (unpaired) electrons. The van der Waals surface area contributed by atoms with Crippen LogP contribution in [-0.4, -0.2) is 14.8 Å². The van der Waals surface area contributed by atoms with Gasteiger partial charge in [-0.25, -0.2) is 9.37 Å². The monoisotopic (exact) mass is 305 g/mol. The van der Waals surface area contributed by atoms with E-state index in [1.54, 1.807) is 18.5 Å². The van der Waals surface area contributed by atoms with E-state index in [4.69, 9.17) is 5.84 Å². The van der Waals surface area contributed by atoms with Gasteiger partial charge in [-0.3, -0.25) is 16.0 Å². The number of nitrogens with one attached hydrogen (secondary N) is 1. The molecule has 2 heterocycles. The van der Waals surface area contributed by atoms with E-state index in [9.17, 15) is 4.39 Å². The standard InChI is InChI=1S/C14H16FN5S/c1-2-20-14(17-8-18-20)7-11(19-16)13-5-9-3-4-10(15)6-12(9)21-13/h3-6,8,11,19H,2,7,16H2,1H3. The van der Waals surface area contributed by atoms with Gasteiger partial charge in [-0.2, -0.15) is 5.10 Å². The van der Waals surface area contributed by atoms with Gasteiger partial charge in [-0.15, -0.1) is 11.3 Å². The van der Waals surface area contributed by atoms with Gasteiger partial charge in [-0.05, 0) is 30.5 Å². The Morgan fingerprint density at radius 1 is 1.43 bits per heavy atom. The molecule has 0 aliphatic carbocycles. The molecule has 7 heteroatoms. The van der Waals surface area contributed by atoms with Crippen molar-refractivity contribution in [2.75, 3.05) is 0 Å². The van der Waals surface area contributed by atoms with Gasteiger partial charge in [-0.1, -0.05) is 6.07 Å². The first-order valence-electron chi connectivity index (χ1n) is 6.73. The number of aryl methyl sites for hydroxylation is 1. The Balaban J connectivity index is 1.90. The van der Waals surface area contributed by atoms with Crippen molar-refractivity contribution in [2.45, 2.75) is 25.9 Å². The third kappa shape index (κ3) is 2.80. The van der Waals surface area contributed by atoms with Crippen LogP contribution in [0, 0.1) is 5.82 Å². The summed E-state index contributed by atoms with van der Waals surface area (Å²) in [6, 6.07) is 6.77. The smallest absolute Gasteiger partial charge is 0.138 e. The van der Waals surface area contributed by atoms with E-state index in [-0.39, 0.29) is 11.9 Å². The van der Waals surface area contributed by atoms with Crippen LogP contribution in [0.4, 0.5) is 4.39 Å². The molecule has 2 aromatic heterocycles. The molecule has 0 aliphatic rings. The van der Waals surface area contributed by atoms with Crippen molar-refractivity contribution in [1.82, 2.24) is 20.2 Å². The van der Waals surface area contributed by atoms with Gasteiger partial charge in [0.15, 0.2) is 0 Å². The molecule has 0 bridgehead atoms. The third-order valence-corrected chi connectivity index (χ3v) is 4.64. The average Bonchev–Trinajstić information content (AvgIpc) is 3.09. The molecule has 1 atom stereocenters. The van der Waals surface area contributed by atoms with E-state index in [0.717, 1.165) is 27.3 Å². The van der Waals surface area contributed by atoms with Gasteiger partial charge in [0.2, 0.25) is 0 Å². The van der Waals surface area contributed by atoms with Crippen molar-refractivity contribution in [3.8, 4) is 0 Å². The Kier molecular flexibility index (Phi) is 3.96. The molecule has 0 saturated carbocycles. The van der Waals surface area contributed by atoms with Crippen molar-refractivity contribution >= 4 is 21.4 Å². The van der Waals surface area contributed by atoms with Gasteiger partial charge < -0.3 is 0 Å². The summed E-state index contributed by atoms with van der Waals surface area (Å²) in [6.45, 7) is 2.79. The van der Waals surface area contributed by atoms with Crippen LogP contribution in [-0.2, 0) is 13.0 Å². The zero-order chi connectivity index (χ0) is 14.8. The Bertz CT molecular complexity index is 751. The first-order chi connectivity index (χ1) is 10.2. The number of aromatic nitrogens is 3. The molecular formula is C14H16FN5S. The maximum absolute atomic E-state index is 13.3. The number of rotatable bonds is 5. The maximum Gasteiger partial charge on any atom is 0.138 e. The molecule has 0 spiro atoms. The summed E-state index contributed by atoms with van der Waals surface area (Å²) >= 11 is 1.54. The van der Waals surface area contributed by atoms with E-state index in [0.29, 0.717) is 6.42 Å². The van der Waals surface area contributed by atoms with Gasteiger partial charge in [0.25, 0.3) is 0 Å². The summed E-state index contributed by atoms with van der Waals surface area (Å²) in [7, 11) is 0. The summed E-state index contributed by atoms with van der Waals surface area (Å²) < 4.78 is 16.0. The lowest BCUT2D eigenvalue weighted by molar-refractivity contribution is 0.516. The highest BCUT2D eigenvalue weighted by atomic mass is 32.1. The number of nitrogens with two attached hydrogens (primary N) is 1. The number of thiophene rings is 1. The first kappa shape index (κ1) is 14.1. The van der Waals surface area contributed by atoms with Gasteiger partial charge in [0, 0.05) is 22.5 Å². The summed E-state index contributed by atoms with van der Waals surface area (Å²) in [5.41, 5.74) is 2.82. The fourth-order valence-electron chi connectivity index (χ4n) is 2.33. The molecule has 0 aliphatic heterocycles. The lowest BCUT2D eigenvalue weighted by Gasteiger charge is -2.13. The highest BCUT2D eigenvalue weighted by Gasteiger charge is 2.17. The number of nitrogens with zero attached hydrogens (tertiary/aromatic N) is 3. The van der Waals surface area contributed by atoms with Crippen molar-refractivity contribution in [2.24, 2.45) is 5.84 Å². The molecule has 110 valence electrons. The van der Waals surface area contributed by atoms with Crippen molar-refractivity contribution in [3.05, 3.63) is 47.1 Å². The molecule has 1 unspecified atom stereocenters. The lowest BCUT2D eigenvalue weighted by atomic mass is 10.1. The lowest BCUT2D eigenvalue weighted by Crippen LogP contribution is -2.29. The summed E-state index contributed by atoms with van der Waals surface area (Å²) in [4.78, 5) is 5.33. The maximum atomic E-state index is 13.3. The van der Waals surface area contributed by atoms with Crippen LogP contribution in [0.5, 0.6) is 0 Å². The highest BCUT2D eigenvalue weighted by molar-refractivity contribution is 7.19. The number of fused-ring (bicyclic) bond motifs is 1. The van der Waals surface area contributed by atoms with Crippen LogP contribution in [0.3, 0.4) is 0 Å². The van der Waals surface area contributed by atoms with E-state index in [1.165, 1.54) is 17.4 Å². The van der Waals surface area contributed by atoms with Gasteiger partial charge in [0.1, 0.15) is 18.0 Å². The molecular weight excluding hydrogens is 289 g/mol. The predicted molar refractivity (Wildman–Crippen MR) is 81.2 cm³/mol. The van der Waals surface area contributed by atoms with Crippen molar-refractivity contribution in [1.29, 1.82) is 0 Å². The normalized spacial score (nSPS) is 12.9. The van der Waals surface area contributed by atoms with Gasteiger partial charge in [0.05, 0.1) is 6.04 Å². The molecule has 0 amide bonds. The largest absolute Gasteiger partial charge is 0.271 e. The van der Waals surface area contributed by atoms with E-state index >= 15 is 0 Å². The number of hydrazine groups is 1. The minimum absolute atomic E-state index is 0.0695. The van der Waals surface area contributed by atoms with Crippen molar-refractivity contribution in [3.63, 3.8) is 0 Å². The Hall–Kier alpha value is -1.83. The number of hydrogen-bond acceptors (Lipinski definition) is 5. The minimum Gasteiger partial charge on any atom is -0.271 e. The Labute approximate surface area is 125 Å². The van der Waals surface area contributed by atoms with E-state index in [1.807, 2.05) is 17.7 Å². The van der Waals surface area contributed by atoms with Crippen LogP contribution in [0.2, 0.25) is 0 Å². The summed E-state index contributed by atoms with van der Waals surface area (Å²) in [6.07, 6.45) is 2.19.